The van der Waals surface area contributed by atoms with Gasteiger partial charge in [-0.1, -0.05) is 19.1 Å². The number of benzene rings is 1. The predicted octanol–water partition coefficient (Wildman–Crippen LogP) is 2.06. The van der Waals surface area contributed by atoms with Gasteiger partial charge in [-0.05, 0) is 36.5 Å². The number of rotatable bonds is 3. The number of hydrogen-bond acceptors (Lipinski definition) is 3. The molecule has 3 N–H and O–H groups in total. The highest BCUT2D eigenvalue weighted by Gasteiger charge is 2.32. The molecule has 0 aliphatic carbocycles. The molecule has 1 aliphatic rings. The highest BCUT2D eigenvalue weighted by molar-refractivity contribution is 5.26. The minimum absolute atomic E-state index is 0.0158. The van der Waals surface area contributed by atoms with Crippen molar-refractivity contribution in [2.45, 2.75) is 32.4 Å². The van der Waals surface area contributed by atoms with Crippen molar-refractivity contribution in [1.82, 2.24) is 5.43 Å². The number of hydrogen-bond donors (Lipinski definition) is 2. The van der Waals surface area contributed by atoms with E-state index in [9.17, 15) is 4.39 Å². The summed E-state index contributed by atoms with van der Waals surface area (Å²) in [5.41, 5.74) is 4.23. The third kappa shape index (κ3) is 2.49. The molecule has 0 aromatic heterocycles. The van der Waals surface area contributed by atoms with Crippen LogP contribution in [0.2, 0.25) is 0 Å². The lowest BCUT2D eigenvalue weighted by molar-refractivity contribution is 0.0606. The van der Waals surface area contributed by atoms with E-state index in [1.165, 1.54) is 6.07 Å². The van der Waals surface area contributed by atoms with Crippen molar-refractivity contribution in [2.75, 3.05) is 6.61 Å². The molecule has 0 amide bonds. The fourth-order valence-electron chi connectivity index (χ4n) is 2.33. The summed E-state index contributed by atoms with van der Waals surface area (Å²) in [7, 11) is 0. The van der Waals surface area contributed by atoms with Gasteiger partial charge in [-0.15, -0.1) is 0 Å². The van der Waals surface area contributed by atoms with E-state index in [-0.39, 0.29) is 18.0 Å². The Kier molecular flexibility index (Phi) is 3.76. The van der Waals surface area contributed by atoms with Gasteiger partial charge in [0.1, 0.15) is 5.82 Å². The average molecular weight is 238 g/mol. The van der Waals surface area contributed by atoms with Crippen LogP contribution in [0.5, 0.6) is 0 Å². The quantitative estimate of drug-likeness (QED) is 0.626. The molecule has 2 rings (SSSR count). The van der Waals surface area contributed by atoms with E-state index in [0.717, 1.165) is 18.6 Å². The third-order valence-corrected chi connectivity index (χ3v) is 3.51. The lowest BCUT2D eigenvalue weighted by atomic mass is 9.92. The zero-order chi connectivity index (χ0) is 12.4. The molecule has 17 heavy (non-hydrogen) atoms. The Balaban J connectivity index is 2.25. The smallest absolute Gasteiger partial charge is 0.126 e. The summed E-state index contributed by atoms with van der Waals surface area (Å²) in [4.78, 5) is 0. The van der Waals surface area contributed by atoms with E-state index in [1.807, 2.05) is 6.07 Å². The Morgan fingerprint density at radius 2 is 2.29 bits per heavy atom. The lowest BCUT2D eigenvalue weighted by Crippen LogP contribution is -2.38. The molecule has 1 aromatic carbocycles. The van der Waals surface area contributed by atoms with Crippen LogP contribution in [-0.4, -0.2) is 12.7 Å². The van der Waals surface area contributed by atoms with E-state index in [4.69, 9.17) is 10.6 Å². The van der Waals surface area contributed by atoms with Crippen LogP contribution in [0.15, 0.2) is 18.2 Å². The Morgan fingerprint density at radius 1 is 1.53 bits per heavy atom. The molecule has 0 spiro atoms. The second-order valence-electron chi connectivity index (χ2n) is 4.75. The zero-order valence-corrected chi connectivity index (χ0v) is 10.2. The summed E-state index contributed by atoms with van der Waals surface area (Å²) in [6, 6.07) is 5.06. The SMILES string of the molecule is Cc1ccc(C(NN)C2OCCC2C)cc1F. The first-order valence-corrected chi connectivity index (χ1v) is 5.97. The summed E-state index contributed by atoms with van der Waals surface area (Å²) < 4.78 is 19.2. The third-order valence-electron chi connectivity index (χ3n) is 3.51. The predicted molar refractivity (Wildman–Crippen MR) is 64.7 cm³/mol. The molecule has 3 nitrogen and oxygen atoms in total. The van der Waals surface area contributed by atoms with Crippen LogP contribution in [0.1, 0.15) is 30.5 Å². The molecule has 3 unspecified atom stereocenters. The topological polar surface area (TPSA) is 47.3 Å². The largest absolute Gasteiger partial charge is 0.376 e. The molecular formula is C13H19FN2O. The summed E-state index contributed by atoms with van der Waals surface area (Å²) in [6.07, 6.45) is 1.04. The van der Waals surface area contributed by atoms with E-state index in [0.29, 0.717) is 11.5 Å². The van der Waals surface area contributed by atoms with Gasteiger partial charge in [-0.2, -0.15) is 0 Å². The van der Waals surface area contributed by atoms with E-state index < -0.39 is 0 Å². The Hall–Kier alpha value is -0.970. The first-order valence-electron chi connectivity index (χ1n) is 5.97. The van der Waals surface area contributed by atoms with Gasteiger partial charge in [0.15, 0.2) is 0 Å². The average Bonchev–Trinajstić information content (AvgIpc) is 2.71. The van der Waals surface area contributed by atoms with Crippen molar-refractivity contribution in [3.63, 3.8) is 0 Å². The van der Waals surface area contributed by atoms with Gasteiger partial charge >= 0.3 is 0 Å². The maximum Gasteiger partial charge on any atom is 0.126 e. The number of ether oxygens (including phenoxy) is 1. The molecule has 0 bridgehead atoms. The summed E-state index contributed by atoms with van der Waals surface area (Å²) in [6.45, 7) is 4.63. The highest BCUT2D eigenvalue weighted by atomic mass is 19.1. The van der Waals surface area contributed by atoms with Gasteiger partial charge in [0.2, 0.25) is 0 Å². The maximum absolute atomic E-state index is 13.6. The molecule has 0 saturated carbocycles. The Labute approximate surface area is 101 Å². The Bertz CT molecular complexity index is 397. The van der Waals surface area contributed by atoms with E-state index in [2.05, 4.69) is 12.3 Å². The Morgan fingerprint density at radius 3 is 2.82 bits per heavy atom. The van der Waals surface area contributed by atoms with E-state index in [1.54, 1.807) is 13.0 Å². The van der Waals surface area contributed by atoms with Crippen molar-refractivity contribution in [2.24, 2.45) is 11.8 Å². The molecular weight excluding hydrogens is 219 g/mol. The normalized spacial score (nSPS) is 26.1. The minimum atomic E-state index is -0.201. The molecule has 3 atom stereocenters. The fourth-order valence-corrected chi connectivity index (χ4v) is 2.33. The van der Waals surface area contributed by atoms with E-state index >= 15 is 0 Å². The number of nitrogens with two attached hydrogens (primary N) is 1. The molecule has 1 aliphatic heterocycles. The molecule has 4 heteroatoms. The first kappa shape index (κ1) is 12.5. The van der Waals surface area contributed by atoms with Crippen molar-refractivity contribution in [1.29, 1.82) is 0 Å². The number of halogens is 1. The monoisotopic (exact) mass is 238 g/mol. The van der Waals surface area contributed by atoms with Gasteiger partial charge in [0.25, 0.3) is 0 Å². The lowest BCUT2D eigenvalue weighted by Gasteiger charge is -2.26. The van der Waals surface area contributed by atoms with Gasteiger partial charge in [0, 0.05) is 6.61 Å². The summed E-state index contributed by atoms with van der Waals surface area (Å²) in [5.74, 6) is 5.81. The number of hydrazine groups is 1. The van der Waals surface area contributed by atoms with Crippen LogP contribution in [0.3, 0.4) is 0 Å². The van der Waals surface area contributed by atoms with Crippen LogP contribution >= 0.6 is 0 Å². The second kappa shape index (κ2) is 5.12. The standard InChI is InChI=1S/C13H19FN2O/c1-8-3-4-10(7-11(8)14)12(16-15)13-9(2)5-6-17-13/h3-4,7,9,12-13,16H,5-6,15H2,1-2H3. The minimum Gasteiger partial charge on any atom is -0.376 e. The van der Waals surface area contributed by atoms with Gasteiger partial charge < -0.3 is 4.74 Å². The molecule has 1 saturated heterocycles. The van der Waals surface area contributed by atoms with Crippen LogP contribution < -0.4 is 11.3 Å². The van der Waals surface area contributed by atoms with Crippen molar-refractivity contribution in [3.8, 4) is 0 Å². The number of nitrogens with one attached hydrogen (secondary N) is 1. The molecule has 1 heterocycles. The fraction of sp³-hybridized carbons (Fsp3) is 0.538. The molecule has 1 aromatic rings. The molecule has 0 radical (unpaired) electrons. The van der Waals surface area contributed by atoms with Gasteiger partial charge in [0.05, 0.1) is 12.1 Å². The van der Waals surface area contributed by atoms with Crippen LogP contribution in [0, 0.1) is 18.7 Å². The van der Waals surface area contributed by atoms with Crippen molar-refractivity contribution in [3.05, 3.63) is 35.1 Å². The van der Waals surface area contributed by atoms with Gasteiger partial charge in [-0.3, -0.25) is 11.3 Å². The first-order chi connectivity index (χ1) is 8.13. The van der Waals surface area contributed by atoms with Crippen LogP contribution in [-0.2, 0) is 4.74 Å². The van der Waals surface area contributed by atoms with Crippen LogP contribution in [0.4, 0.5) is 4.39 Å². The highest BCUT2D eigenvalue weighted by Crippen LogP contribution is 2.31. The number of aryl methyl sites for hydroxylation is 1. The van der Waals surface area contributed by atoms with Crippen molar-refractivity contribution >= 4 is 0 Å². The maximum atomic E-state index is 13.6. The summed E-state index contributed by atoms with van der Waals surface area (Å²) in [5, 5.41) is 0. The summed E-state index contributed by atoms with van der Waals surface area (Å²) >= 11 is 0. The second-order valence-corrected chi connectivity index (χ2v) is 4.75. The molecule has 1 fully saturated rings. The van der Waals surface area contributed by atoms with Crippen molar-refractivity contribution < 1.29 is 9.13 Å². The molecule has 94 valence electrons. The zero-order valence-electron chi connectivity index (χ0n) is 10.2. The van der Waals surface area contributed by atoms with Crippen LogP contribution in [0.25, 0.3) is 0 Å². The van der Waals surface area contributed by atoms with Gasteiger partial charge in [-0.25, -0.2) is 4.39 Å².